The number of benzene rings is 1. The fraction of sp³-hybridized carbons (Fsp3) is 0.250. The maximum absolute atomic E-state index is 12.7. The van der Waals surface area contributed by atoms with Crippen LogP contribution in [0, 0.1) is 6.92 Å². The Morgan fingerprint density at radius 2 is 2.06 bits per heavy atom. The summed E-state index contributed by atoms with van der Waals surface area (Å²) >= 11 is 0. The van der Waals surface area contributed by atoms with E-state index in [1.165, 1.54) is 5.56 Å². The Morgan fingerprint density at radius 3 is 2.84 bits per heavy atom. The molecular formula is C24H25N5O2. The molecule has 0 saturated heterocycles. The summed E-state index contributed by atoms with van der Waals surface area (Å²) in [6.07, 6.45) is 11.1. The molecule has 1 aromatic carbocycles. The first-order valence-corrected chi connectivity index (χ1v) is 10.3. The van der Waals surface area contributed by atoms with Gasteiger partial charge in [-0.1, -0.05) is 30.3 Å². The molecule has 1 aliphatic rings. The van der Waals surface area contributed by atoms with Gasteiger partial charge in [-0.3, -0.25) is 14.6 Å². The lowest BCUT2D eigenvalue weighted by atomic mass is 9.94. The molecule has 0 unspecified atom stereocenters. The van der Waals surface area contributed by atoms with Crippen LogP contribution < -0.4 is 5.32 Å². The van der Waals surface area contributed by atoms with Gasteiger partial charge in [-0.25, -0.2) is 4.98 Å². The number of aryl methyl sites for hydroxylation is 1. The van der Waals surface area contributed by atoms with Gasteiger partial charge >= 0.3 is 0 Å². The van der Waals surface area contributed by atoms with Crippen molar-refractivity contribution in [3.8, 4) is 0 Å². The number of rotatable bonds is 6. The third kappa shape index (κ3) is 5.06. The Hall–Kier alpha value is -3.74. The van der Waals surface area contributed by atoms with Crippen LogP contribution in [0.15, 0.2) is 61.3 Å². The minimum absolute atomic E-state index is 0.00902. The van der Waals surface area contributed by atoms with Crippen LogP contribution in [0.4, 0.5) is 0 Å². The second kappa shape index (κ2) is 9.38. The molecule has 158 valence electrons. The van der Waals surface area contributed by atoms with Crippen molar-refractivity contribution in [2.75, 3.05) is 6.54 Å². The molecule has 1 aliphatic heterocycles. The Bertz CT molecular complexity index is 1090. The molecule has 2 aromatic heterocycles. The van der Waals surface area contributed by atoms with E-state index in [0.29, 0.717) is 19.6 Å². The van der Waals surface area contributed by atoms with Gasteiger partial charge in [0, 0.05) is 50.0 Å². The van der Waals surface area contributed by atoms with Crippen molar-refractivity contribution < 1.29 is 9.59 Å². The fourth-order valence-electron chi connectivity index (χ4n) is 3.77. The summed E-state index contributed by atoms with van der Waals surface area (Å²) < 4.78 is 1.73. The second-order valence-corrected chi connectivity index (χ2v) is 7.59. The lowest BCUT2D eigenvalue weighted by Gasteiger charge is -2.30. The zero-order valence-electron chi connectivity index (χ0n) is 17.5. The van der Waals surface area contributed by atoms with Crippen LogP contribution in [-0.4, -0.2) is 37.8 Å². The van der Waals surface area contributed by atoms with Crippen LogP contribution in [0.5, 0.6) is 0 Å². The van der Waals surface area contributed by atoms with Crippen LogP contribution in [0.2, 0.25) is 0 Å². The highest BCUT2D eigenvalue weighted by atomic mass is 16.2. The smallest absolute Gasteiger partial charge is 0.246 e. The second-order valence-electron chi connectivity index (χ2n) is 7.59. The maximum Gasteiger partial charge on any atom is 0.246 e. The quantitative estimate of drug-likeness (QED) is 0.628. The number of fused-ring (bicyclic) bond motifs is 1. The number of pyridine rings is 1. The Balaban J connectivity index is 1.41. The summed E-state index contributed by atoms with van der Waals surface area (Å²) in [5.74, 6) is -0.0843. The van der Waals surface area contributed by atoms with E-state index in [1.807, 2.05) is 54.4 Å². The lowest BCUT2D eigenvalue weighted by Crippen LogP contribution is -2.36. The molecule has 1 N–H and O–H groups in total. The Kier molecular flexibility index (Phi) is 6.21. The predicted octanol–water partition coefficient (Wildman–Crippen LogP) is 2.50. The van der Waals surface area contributed by atoms with Gasteiger partial charge < -0.3 is 14.8 Å². The van der Waals surface area contributed by atoms with Crippen LogP contribution in [-0.2, 0) is 35.6 Å². The van der Waals surface area contributed by atoms with Gasteiger partial charge in [0.15, 0.2) is 0 Å². The van der Waals surface area contributed by atoms with Crippen molar-refractivity contribution in [1.29, 1.82) is 0 Å². The zero-order chi connectivity index (χ0) is 21.6. The van der Waals surface area contributed by atoms with Crippen molar-refractivity contribution in [3.63, 3.8) is 0 Å². The number of nitrogens with one attached hydrogen (secondary N) is 1. The summed E-state index contributed by atoms with van der Waals surface area (Å²) in [5.41, 5.74) is 5.18. The summed E-state index contributed by atoms with van der Waals surface area (Å²) in [4.78, 5) is 35.2. The summed E-state index contributed by atoms with van der Waals surface area (Å²) in [6.45, 7) is 3.79. The highest BCUT2D eigenvalue weighted by Crippen LogP contribution is 2.24. The minimum atomic E-state index is -0.0753. The van der Waals surface area contributed by atoms with Crippen molar-refractivity contribution in [3.05, 3.63) is 89.3 Å². The lowest BCUT2D eigenvalue weighted by molar-refractivity contribution is -0.126. The molecule has 0 atom stereocenters. The third-order valence-electron chi connectivity index (χ3n) is 5.47. The van der Waals surface area contributed by atoms with Gasteiger partial charge in [-0.05, 0) is 41.7 Å². The maximum atomic E-state index is 12.7. The fourth-order valence-corrected chi connectivity index (χ4v) is 3.77. The number of imidazole rings is 1. The number of carbonyl (C=O) groups excluding carboxylic acids is 2. The number of nitrogens with zero attached hydrogens (tertiary/aromatic N) is 4. The molecule has 0 spiro atoms. The largest absolute Gasteiger partial charge is 0.350 e. The molecule has 0 fully saturated rings. The van der Waals surface area contributed by atoms with E-state index in [4.69, 9.17) is 0 Å². The molecule has 0 saturated carbocycles. The number of hydrogen-bond donors (Lipinski definition) is 1. The predicted molar refractivity (Wildman–Crippen MR) is 118 cm³/mol. The topological polar surface area (TPSA) is 80.1 Å². The number of amides is 2. The van der Waals surface area contributed by atoms with Gasteiger partial charge in [-0.2, -0.15) is 0 Å². The van der Waals surface area contributed by atoms with E-state index in [9.17, 15) is 9.59 Å². The normalized spacial score (nSPS) is 13.3. The monoisotopic (exact) mass is 415 g/mol. The molecule has 0 bridgehead atoms. The molecule has 2 amide bonds. The molecule has 7 nitrogen and oxygen atoms in total. The minimum Gasteiger partial charge on any atom is -0.350 e. The third-order valence-corrected chi connectivity index (χ3v) is 5.47. The van der Waals surface area contributed by atoms with Crippen LogP contribution in [0.3, 0.4) is 0 Å². The zero-order valence-corrected chi connectivity index (χ0v) is 17.5. The van der Waals surface area contributed by atoms with Crippen LogP contribution >= 0.6 is 0 Å². The average molecular weight is 415 g/mol. The Labute approximate surface area is 181 Å². The summed E-state index contributed by atoms with van der Waals surface area (Å²) in [7, 11) is 0. The standard InChI is InChI=1S/C24H25N5O2/c1-18-22(14-27-23(30)16-28-12-10-25-17-28)21-9-11-29(15-20(21)13-26-18)24(31)8-7-19-5-3-2-4-6-19/h2-8,10,12-13,17H,9,11,14-16H2,1H3,(H,27,30). The van der Waals surface area contributed by atoms with E-state index < -0.39 is 0 Å². The van der Waals surface area contributed by atoms with Crippen molar-refractivity contribution in [2.45, 2.75) is 33.0 Å². The van der Waals surface area contributed by atoms with E-state index in [-0.39, 0.29) is 18.4 Å². The summed E-state index contributed by atoms with van der Waals surface area (Å²) in [6, 6.07) is 9.79. The molecule has 0 aliphatic carbocycles. The molecule has 0 radical (unpaired) electrons. The molecule has 31 heavy (non-hydrogen) atoms. The molecule has 7 heteroatoms. The van der Waals surface area contributed by atoms with Gasteiger partial charge in [0.1, 0.15) is 6.54 Å². The molecule has 3 heterocycles. The van der Waals surface area contributed by atoms with Crippen LogP contribution in [0.1, 0.15) is 27.9 Å². The first-order valence-electron chi connectivity index (χ1n) is 10.3. The number of hydrogen-bond acceptors (Lipinski definition) is 4. The van der Waals surface area contributed by atoms with Gasteiger partial charge in [-0.15, -0.1) is 0 Å². The highest BCUT2D eigenvalue weighted by Gasteiger charge is 2.23. The average Bonchev–Trinajstić information content (AvgIpc) is 3.30. The Morgan fingerprint density at radius 1 is 1.23 bits per heavy atom. The van der Waals surface area contributed by atoms with Gasteiger partial charge in [0.25, 0.3) is 0 Å². The van der Waals surface area contributed by atoms with E-state index in [1.54, 1.807) is 29.4 Å². The highest BCUT2D eigenvalue weighted by molar-refractivity contribution is 5.92. The molecular weight excluding hydrogens is 390 g/mol. The first kappa shape index (κ1) is 20.5. The molecule has 3 aromatic rings. The van der Waals surface area contributed by atoms with Gasteiger partial charge in [0.2, 0.25) is 11.8 Å². The van der Waals surface area contributed by atoms with Crippen molar-refractivity contribution in [1.82, 2.24) is 24.8 Å². The van der Waals surface area contributed by atoms with Crippen molar-refractivity contribution in [2.24, 2.45) is 0 Å². The van der Waals surface area contributed by atoms with Crippen molar-refractivity contribution >= 4 is 17.9 Å². The molecule has 4 rings (SSSR count). The van der Waals surface area contributed by atoms with Crippen LogP contribution in [0.25, 0.3) is 6.08 Å². The SMILES string of the molecule is Cc1ncc2c(c1CNC(=O)Cn1ccnc1)CCN(C(=O)C=Cc1ccccc1)C2. The summed E-state index contributed by atoms with van der Waals surface area (Å²) in [5, 5.41) is 2.98. The first-order chi connectivity index (χ1) is 15.1. The number of aromatic nitrogens is 3. The van der Waals surface area contributed by atoms with E-state index in [0.717, 1.165) is 28.8 Å². The number of carbonyl (C=O) groups is 2. The van der Waals surface area contributed by atoms with E-state index in [2.05, 4.69) is 15.3 Å². The van der Waals surface area contributed by atoms with Gasteiger partial charge in [0.05, 0.1) is 6.33 Å². The van der Waals surface area contributed by atoms with E-state index >= 15 is 0 Å².